The molecule has 0 unspecified atom stereocenters. The van der Waals surface area contributed by atoms with Crippen LogP contribution in [-0.4, -0.2) is 39.2 Å². The van der Waals surface area contributed by atoms with E-state index in [1.807, 2.05) is 75.4 Å². The summed E-state index contributed by atoms with van der Waals surface area (Å²) < 4.78 is 15.1. The van der Waals surface area contributed by atoms with E-state index in [4.69, 9.17) is 0 Å². The van der Waals surface area contributed by atoms with Crippen molar-refractivity contribution < 1.29 is 14.0 Å². The van der Waals surface area contributed by atoms with Crippen molar-refractivity contribution in [3.8, 4) is 16.9 Å². The lowest BCUT2D eigenvalue weighted by molar-refractivity contribution is -0.117. The number of hydrogen-bond donors (Lipinski definition) is 2. The summed E-state index contributed by atoms with van der Waals surface area (Å²) in [6.07, 6.45) is 0.774. The van der Waals surface area contributed by atoms with Crippen LogP contribution in [0.15, 0.2) is 84.9 Å². The molecule has 4 aromatic rings. The standard InChI is InChI=1S/C29H30FN5O2/c1-4-21-10-8-9-13-25(21)31-29(37)34(20(2)3)19-28(36)32-27-18-26(22-11-6-5-7-12-22)33-35(27)24-16-14-23(30)15-17-24/h5-18,20H,4,19H2,1-3H3,(H,31,37)(H,32,36). The fraction of sp³-hybridized carbons (Fsp3) is 0.207. The molecule has 190 valence electrons. The lowest BCUT2D eigenvalue weighted by Crippen LogP contribution is -2.44. The molecule has 4 rings (SSSR count). The number of anilines is 2. The number of aryl methyl sites for hydroxylation is 1. The molecule has 0 aliphatic rings. The van der Waals surface area contributed by atoms with Gasteiger partial charge in [-0.05, 0) is 56.2 Å². The minimum atomic E-state index is -0.379. The van der Waals surface area contributed by atoms with Crippen molar-refractivity contribution >= 4 is 23.4 Å². The van der Waals surface area contributed by atoms with Crippen LogP contribution in [0.25, 0.3) is 16.9 Å². The molecule has 8 heteroatoms. The molecular formula is C29H30FN5O2. The molecule has 0 radical (unpaired) electrons. The molecule has 3 aromatic carbocycles. The summed E-state index contributed by atoms with van der Waals surface area (Å²) in [6, 6.07) is 24.2. The van der Waals surface area contributed by atoms with Gasteiger partial charge in [-0.15, -0.1) is 0 Å². The number of carbonyl (C=O) groups is 2. The van der Waals surface area contributed by atoms with Crippen molar-refractivity contribution in [2.45, 2.75) is 33.2 Å². The summed E-state index contributed by atoms with van der Waals surface area (Å²) in [6.45, 7) is 5.57. The van der Waals surface area contributed by atoms with Crippen LogP contribution in [-0.2, 0) is 11.2 Å². The Morgan fingerprint density at radius 3 is 2.30 bits per heavy atom. The highest BCUT2D eigenvalue weighted by Crippen LogP contribution is 2.25. The summed E-state index contributed by atoms with van der Waals surface area (Å²) in [5.41, 5.74) is 3.85. The molecule has 37 heavy (non-hydrogen) atoms. The van der Waals surface area contributed by atoms with Crippen molar-refractivity contribution in [1.82, 2.24) is 14.7 Å². The highest BCUT2D eigenvalue weighted by Gasteiger charge is 2.22. The van der Waals surface area contributed by atoms with Gasteiger partial charge < -0.3 is 15.5 Å². The van der Waals surface area contributed by atoms with E-state index in [2.05, 4.69) is 15.7 Å². The van der Waals surface area contributed by atoms with E-state index in [1.54, 1.807) is 22.9 Å². The summed E-state index contributed by atoms with van der Waals surface area (Å²) in [7, 11) is 0. The van der Waals surface area contributed by atoms with Crippen LogP contribution in [0.4, 0.5) is 20.7 Å². The predicted molar refractivity (Wildman–Crippen MR) is 144 cm³/mol. The van der Waals surface area contributed by atoms with Gasteiger partial charge in [-0.25, -0.2) is 13.9 Å². The molecule has 0 saturated heterocycles. The molecule has 1 heterocycles. The van der Waals surface area contributed by atoms with Gasteiger partial charge in [0.1, 0.15) is 18.2 Å². The molecule has 0 spiro atoms. The first-order valence-corrected chi connectivity index (χ1v) is 12.2. The van der Waals surface area contributed by atoms with Crippen molar-refractivity contribution in [3.63, 3.8) is 0 Å². The number of carbonyl (C=O) groups excluding carboxylic acids is 2. The number of benzene rings is 3. The van der Waals surface area contributed by atoms with Gasteiger partial charge in [-0.1, -0.05) is 55.5 Å². The minimum Gasteiger partial charge on any atom is -0.313 e. The molecule has 0 aliphatic heterocycles. The molecule has 1 aromatic heterocycles. The van der Waals surface area contributed by atoms with Crippen molar-refractivity contribution in [2.75, 3.05) is 17.2 Å². The van der Waals surface area contributed by atoms with E-state index in [9.17, 15) is 14.0 Å². The van der Waals surface area contributed by atoms with Gasteiger partial charge in [0.05, 0.1) is 11.4 Å². The molecular weight excluding hydrogens is 469 g/mol. The summed E-state index contributed by atoms with van der Waals surface area (Å²) in [5.74, 6) is -0.334. The highest BCUT2D eigenvalue weighted by molar-refractivity contribution is 5.97. The molecule has 7 nitrogen and oxygen atoms in total. The Labute approximate surface area is 215 Å². The number of halogens is 1. The van der Waals surface area contributed by atoms with Crippen LogP contribution >= 0.6 is 0 Å². The smallest absolute Gasteiger partial charge is 0.313 e. The summed E-state index contributed by atoms with van der Waals surface area (Å²) in [4.78, 5) is 27.7. The summed E-state index contributed by atoms with van der Waals surface area (Å²) in [5, 5.41) is 10.5. The van der Waals surface area contributed by atoms with Gasteiger partial charge in [0.2, 0.25) is 5.91 Å². The lowest BCUT2D eigenvalue weighted by Gasteiger charge is -2.27. The zero-order valence-corrected chi connectivity index (χ0v) is 21.1. The van der Waals surface area contributed by atoms with Crippen LogP contribution in [0.5, 0.6) is 0 Å². The van der Waals surface area contributed by atoms with Crippen molar-refractivity contribution in [2.24, 2.45) is 0 Å². The first kappa shape index (κ1) is 25.6. The van der Waals surface area contributed by atoms with Crippen LogP contribution in [0.3, 0.4) is 0 Å². The van der Waals surface area contributed by atoms with E-state index >= 15 is 0 Å². The van der Waals surface area contributed by atoms with Gasteiger partial charge in [-0.3, -0.25) is 4.79 Å². The second kappa shape index (κ2) is 11.5. The largest absolute Gasteiger partial charge is 0.322 e. The number of amides is 3. The maximum Gasteiger partial charge on any atom is 0.322 e. The first-order valence-electron chi connectivity index (χ1n) is 12.2. The van der Waals surface area contributed by atoms with E-state index in [0.29, 0.717) is 17.2 Å². The van der Waals surface area contributed by atoms with Gasteiger partial charge >= 0.3 is 6.03 Å². The Kier molecular flexibility index (Phi) is 7.98. The average Bonchev–Trinajstić information content (AvgIpc) is 3.32. The SMILES string of the molecule is CCc1ccccc1NC(=O)N(CC(=O)Nc1cc(-c2ccccc2)nn1-c1ccc(F)cc1)C(C)C. The molecule has 0 bridgehead atoms. The topological polar surface area (TPSA) is 79.3 Å². The molecule has 3 amide bonds. The number of nitrogens with zero attached hydrogens (tertiary/aromatic N) is 3. The molecule has 0 fully saturated rings. The van der Waals surface area contributed by atoms with E-state index in [0.717, 1.165) is 23.2 Å². The van der Waals surface area contributed by atoms with Crippen LogP contribution < -0.4 is 10.6 Å². The minimum absolute atomic E-state index is 0.160. The predicted octanol–water partition coefficient (Wildman–Crippen LogP) is 6.12. The summed E-state index contributed by atoms with van der Waals surface area (Å²) >= 11 is 0. The number of urea groups is 1. The second-order valence-corrected chi connectivity index (χ2v) is 8.88. The van der Waals surface area contributed by atoms with Gasteiger partial charge in [0, 0.05) is 23.4 Å². The fourth-order valence-corrected chi connectivity index (χ4v) is 3.96. The number of aromatic nitrogens is 2. The monoisotopic (exact) mass is 499 g/mol. The number of hydrogen-bond acceptors (Lipinski definition) is 3. The highest BCUT2D eigenvalue weighted by atomic mass is 19.1. The van der Waals surface area contributed by atoms with Crippen molar-refractivity contribution in [3.05, 3.63) is 96.3 Å². The number of para-hydroxylation sites is 1. The van der Waals surface area contributed by atoms with Gasteiger partial charge in [0.25, 0.3) is 0 Å². The number of nitrogens with one attached hydrogen (secondary N) is 2. The lowest BCUT2D eigenvalue weighted by atomic mass is 10.1. The Morgan fingerprint density at radius 1 is 0.946 bits per heavy atom. The van der Waals surface area contributed by atoms with E-state index < -0.39 is 0 Å². The third-order valence-electron chi connectivity index (χ3n) is 5.96. The molecule has 2 N–H and O–H groups in total. The van der Waals surface area contributed by atoms with Crippen molar-refractivity contribution in [1.29, 1.82) is 0 Å². The molecule has 0 saturated carbocycles. The quantitative estimate of drug-likeness (QED) is 0.306. The third kappa shape index (κ3) is 6.22. The first-order chi connectivity index (χ1) is 17.9. The molecule has 0 aliphatic carbocycles. The maximum absolute atomic E-state index is 13.5. The number of rotatable bonds is 8. The normalized spacial score (nSPS) is 10.8. The van der Waals surface area contributed by atoms with Crippen LogP contribution in [0, 0.1) is 5.82 Å². The average molecular weight is 500 g/mol. The van der Waals surface area contributed by atoms with Crippen LogP contribution in [0.2, 0.25) is 0 Å². The maximum atomic E-state index is 13.5. The Hall–Kier alpha value is -4.46. The molecule has 0 atom stereocenters. The van der Waals surface area contributed by atoms with Crippen LogP contribution in [0.1, 0.15) is 26.3 Å². The Balaban J connectivity index is 1.56. The van der Waals surface area contributed by atoms with E-state index in [1.165, 1.54) is 17.0 Å². The zero-order chi connectivity index (χ0) is 26.4. The van der Waals surface area contributed by atoms with Gasteiger partial charge in [-0.2, -0.15) is 5.10 Å². The third-order valence-corrected chi connectivity index (χ3v) is 5.96. The van der Waals surface area contributed by atoms with E-state index in [-0.39, 0.29) is 30.3 Å². The zero-order valence-electron chi connectivity index (χ0n) is 21.1. The Morgan fingerprint density at radius 2 is 1.62 bits per heavy atom. The van der Waals surface area contributed by atoms with Gasteiger partial charge in [0.15, 0.2) is 0 Å². The Bertz CT molecular complexity index is 1370. The fourth-order valence-electron chi connectivity index (χ4n) is 3.96. The second-order valence-electron chi connectivity index (χ2n) is 8.88.